The van der Waals surface area contributed by atoms with Gasteiger partial charge in [-0.25, -0.2) is 4.79 Å². The second-order valence-electron chi connectivity index (χ2n) is 4.75. The van der Waals surface area contributed by atoms with Crippen LogP contribution in [0.5, 0.6) is 17.2 Å². The van der Waals surface area contributed by atoms with E-state index in [9.17, 15) is 25.2 Å². The largest absolute Gasteiger partial charge is 0.508 e. The molecule has 0 saturated carbocycles. The Morgan fingerprint density at radius 1 is 1.00 bits per heavy atom. The van der Waals surface area contributed by atoms with Crippen molar-refractivity contribution in [3.8, 4) is 17.2 Å². The molecule has 0 aromatic heterocycles. The van der Waals surface area contributed by atoms with Gasteiger partial charge in [0.05, 0.1) is 0 Å². The molecule has 4 N–H and O–H groups in total. The molecule has 0 aliphatic heterocycles. The van der Waals surface area contributed by atoms with Gasteiger partial charge < -0.3 is 20.4 Å². The number of hydrogen-bond donors (Lipinski definition) is 4. The highest BCUT2D eigenvalue weighted by molar-refractivity contribution is 6.02. The second-order valence-corrected chi connectivity index (χ2v) is 4.75. The molecule has 0 amide bonds. The van der Waals surface area contributed by atoms with Crippen LogP contribution < -0.4 is 0 Å². The molecule has 1 unspecified atom stereocenters. The second kappa shape index (κ2) is 6.17. The maximum absolute atomic E-state index is 11.4. The van der Waals surface area contributed by atoms with Crippen molar-refractivity contribution in [1.29, 1.82) is 0 Å². The minimum Gasteiger partial charge on any atom is -0.508 e. The zero-order chi connectivity index (χ0) is 16.3. The summed E-state index contributed by atoms with van der Waals surface area (Å²) in [5, 5.41) is 37.7. The number of aliphatic imine (C=N–C) groups is 1. The third-order valence-electron chi connectivity index (χ3n) is 3.14. The van der Waals surface area contributed by atoms with Gasteiger partial charge in [-0.1, -0.05) is 12.1 Å². The molecular formula is C16H15NO5. The van der Waals surface area contributed by atoms with Crippen LogP contribution in [0.2, 0.25) is 0 Å². The fraction of sp³-hybridized carbons (Fsp3) is 0.125. The minimum atomic E-state index is -1.16. The fourth-order valence-corrected chi connectivity index (χ4v) is 2.02. The van der Waals surface area contributed by atoms with E-state index < -0.39 is 12.0 Å². The molecule has 0 aliphatic carbocycles. The molecule has 0 spiro atoms. The first-order valence-electron chi connectivity index (χ1n) is 6.47. The molecule has 114 valence electrons. The summed E-state index contributed by atoms with van der Waals surface area (Å²) in [6.45, 7) is 1.57. The molecule has 0 heterocycles. The number of carboxylic acid groups (broad SMARTS) is 1. The normalized spacial score (nSPS) is 12.9. The molecule has 0 bridgehead atoms. The monoisotopic (exact) mass is 301 g/mol. The summed E-state index contributed by atoms with van der Waals surface area (Å²) in [6, 6.07) is 8.55. The van der Waals surface area contributed by atoms with Gasteiger partial charge in [0.15, 0.2) is 6.04 Å². The van der Waals surface area contributed by atoms with Crippen LogP contribution >= 0.6 is 0 Å². The van der Waals surface area contributed by atoms with E-state index in [1.54, 1.807) is 6.92 Å². The predicted octanol–water partition coefficient (Wildman–Crippen LogP) is 2.44. The van der Waals surface area contributed by atoms with E-state index in [-0.39, 0.29) is 17.2 Å². The van der Waals surface area contributed by atoms with Crippen molar-refractivity contribution in [2.75, 3.05) is 0 Å². The van der Waals surface area contributed by atoms with E-state index in [1.807, 2.05) is 0 Å². The highest BCUT2D eigenvalue weighted by Crippen LogP contribution is 2.26. The number of rotatable bonds is 4. The molecule has 0 fully saturated rings. The van der Waals surface area contributed by atoms with Gasteiger partial charge in [0.25, 0.3) is 0 Å². The van der Waals surface area contributed by atoms with Crippen LogP contribution in [0.15, 0.2) is 47.5 Å². The maximum Gasteiger partial charge on any atom is 0.333 e. The Bertz CT molecular complexity index is 722. The number of benzene rings is 2. The van der Waals surface area contributed by atoms with E-state index in [2.05, 4.69) is 4.99 Å². The molecule has 6 nitrogen and oxygen atoms in total. The Morgan fingerprint density at radius 3 is 2.14 bits per heavy atom. The molecule has 1 atom stereocenters. The van der Waals surface area contributed by atoms with Gasteiger partial charge in [-0.2, -0.15) is 0 Å². The first-order chi connectivity index (χ1) is 10.4. The average Bonchev–Trinajstić information content (AvgIpc) is 2.45. The topological polar surface area (TPSA) is 110 Å². The van der Waals surface area contributed by atoms with E-state index in [4.69, 9.17) is 0 Å². The number of carboxylic acids is 1. The number of hydrogen-bond acceptors (Lipinski definition) is 5. The maximum atomic E-state index is 11.4. The lowest BCUT2D eigenvalue weighted by Crippen LogP contribution is -2.11. The lowest BCUT2D eigenvalue weighted by molar-refractivity contribution is -0.138. The van der Waals surface area contributed by atoms with E-state index in [0.29, 0.717) is 16.8 Å². The Hall–Kier alpha value is -3.02. The van der Waals surface area contributed by atoms with Crippen LogP contribution in [-0.4, -0.2) is 32.1 Å². The predicted molar refractivity (Wildman–Crippen MR) is 80.5 cm³/mol. The van der Waals surface area contributed by atoms with Crippen molar-refractivity contribution in [2.24, 2.45) is 4.99 Å². The number of phenols is 3. The van der Waals surface area contributed by atoms with Crippen molar-refractivity contribution < 1.29 is 25.2 Å². The molecule has 2 rings (SSSR count). The van der Waals surface area contributed by atoms with Crippen LogP contribution in [0.4, 0.5) is 0 Å². The van der Waals surface area contributed by atoms with Crippen molar-refractivity contribution in [3.05, 3.63) is 53.6 Å². The van der Waals surface area contributed by atoms with Crippen LogP contribution in [0.3, 0.4) is 0 Å². The van der Waals surface area contributed by atoms with Gasteiger partial charge in [0.2, 0.25) is 0 Å². The zero-order valence-electron chi connectivity index (χ0n) is 11.8. The SMILES string of the molecule is CC(=NC(C(=O)O)c1ccc(O)cc1)c1ccc(O)cc1O. The highest BCUT2D eigenvalue weighted by atomic mass is 16.4. The Morgan fingerprint density at radius 2 is 1.59 bits per heavy atom. The fourth-order valence-electron chi connectivity index (χ4n) is 2.02. The van der Waals surface area contributed by atoms with Crippen molar-refractivity contribution in [1.82, 2.24) is 0 Å². The smallest absolute Gasteiger partial charge is 0.333 e. The average molecular weight is 301 g/mol. The van der Waals surface area contributed by atoms with Crippen LogP contribution in [0.1, 0.15) is 24.1 Å². The molecule has 0 aliphatic rings. The molecule has 0 radical (unpaired) electrons. The first kappa shape index (κ1) is 15.4. The Balaban J connectivity index is 2.41. The van der Waals surface area contributed by atoms with E-state index in [0.717, 1.165) is 6.07 Å². The summed E-state index contributed by atoms with van der Waals surface area (Å²) in [6.07, 6.45) is 0. The first-order valence-corrected chi connectivity index (χ1v) is 6.47. The molecule has 6 heteroatoms. The van der Waals surface area contributed by atoms with E-state index in [1.165, 1.54) is 36.4 Å². The van der Waals surface area contributed by atoms with Crippen LogP contribution in [-0.2, 0) is 4.79 Å². The molecule has 2 aromatic carbocycles. The summed E-state index contributed by atoms with van der Waals surface area (Å²) in [7, 11) is 0. The van der Waals surface area contributed by atoms with E-state index >= 15 is 0 Å². The lowest BCUT2D eigenvalue weighted by Gasteiger charge is -2.11. The quantitative estimate of drug-likeness (QED) is 0.648. The van der Waals surface area contributed by atoms with Gasteiger partial charge in [0, 0.05) is 17.3 Å². The van der Waals surface area contributed by atoms with Crippen molar-refractivity contribution >= 4 is 11.7 Å². The lowest BCUT2D eigenvalue weighted by atomic mass is 10.1. The number of nitrogens with zero attached hydrogens (tertiary/aromatic N) is 1. The van der Waals surface area contributed by atoms with Crippen LogP contribution in [0.25, 0.3) is 0 Å². The van der Waals surface area contributed by atoms with Crippen molar-refractivity contribution in [3.63, 3.8) is 0 Å². The standard InChI is InChI=1S/C16H15NO5/c1-9(13-7-6-12(19)8-14(13)20)17-15(16(21)22)10-2-4-11(18)5-3-10/h2-8,15,18-20H,1H3,(H,21,22). The summed E-state index contributed by atoms with van der Waals surface area (Å²) >= 11 is 0. The third-order valence-corrected chi connectivity index (χ3v) is 3.14. The minimum absolute atomic E-state index is 0.0322. The van der Waals surface area contributed by atoms with Crippen molar-refractivity contribution in [2.45, 2.75) is 13.0 Å². The Labute approximate surface area is 126 Å². The van der Waals surface area contributed by atoms with Gasteiger partial charge in [-0.3, -0.25) is 4.99 Å². The number of carbonyl (C=O) groups is 1. The summed E-state index contributed by atoms with van der Waals surface area (Å²) in [5.41, 5.74) is 1.06. The third kappa shape index (κ3) is 3.35. The summed E-state index contributed by atoms with van der Waals surface area (Å²) in [5.74, 6) is -1.40. The van der Waals surface area contributed by atoms with Gasteiger partial charge in [-0.15, -0.1) is 0 Å². The summed E-state index contributed by atoms with van der Waals surface area (Å²) in [4.78, 5) is 15.5. The highest BCUT2D eigenvalue weighted by Gasteiger charge is 2.20. The molecule has 22 heavy (non-hydrogen) atoms. The molecule has 2 aromatic rings. The van der Waals surface area contributed by atoms with Gasteiger partial charge in [0.1, 0.15) is 17.2 Å². The summed E-state index contributed by atoms with van der Waals surface area (Å²) < 4.78 is 0. The molecule has 0 saturated heterocycles. The van der Waals surface area contributed by atoms with Gasteiger partial charge >= 0.3 is 5.97 Å². The number of phenolic OH excluding ortho intramolecular Hbond substituents is 3. The van der Waals surface area contributed by atoms with Gasteiger partial charge in [-0.05, 0) is 36.8 Å². The molecular weight excluding hydrogens is 286 g/mol. The number of aromatic hydroxyl groups is 3. The van der Waals surface area contributed by atoms with Crippen LogP contribution in [0, 0.1) is 0 Å². The Kier molecular flexibility index (Phi) is 4.31. The number of aliphatic carboxylic acids is 1. The zero-order valence-corrected chi connectivity index (χ0v) is 11.8.